The molecule has 106 valence electrons. The zero-order valence-electron chi connectivity index (χ0n) is 13.1. The summed E-state index contributed by atoms with van der Waals surface area (Å²) in [7, 11) is 0. The molecule has 0 bridgehead atoms. The van der Waals surface area contributed by atoms with E-state index in [1.54, 1.807) is 0 Å². The predicted octanol–water partition coefficient (Wildman–Crippen LogP) is 4.90. The maximum Gasteiger partial charge on any atom is 0.122 e. The molecule has 0 saturated heterocycles. The highest BCUT2D eigenvalue weighted by Gasteiger charge is 2.19. The highest BCUT2D eigenvalue weighted by atomic mass is 16.3. The number of hydrogen-bond donors (Lipinski definition) is 1. The Morgan fingerprint density at radius 1 is 0.900 bits per heavy atom. The summed E-state index contributed by atoms with van der Waals surface area (Å²) in [5.41, 5.74) is 5.88. The van der Waals surface area contributed by atoms with Crippen molar-refractivity contribution in [3.05, 3.63) is 64.2 Å². The van der Waals surface area contributed by atoms with E-state index >= 15 is 0 Å². The van der Waals surface area contributed by atoms with Gasteiger partial charge in [0.1, 0.15) is 5.75 Å². The Balaban J connectivity index is 2.42. The number of phenolic OH excluding ortho intramolecular Hbond substituents is 1. The molecule has 0 amide bonds. The first kappa shape index (κ1) is 14.6. The first-order valence-electron chi connectivity index (χ1n) is 7.17. The molecule has 20 heavy (non-hydrogen) atoms. The number of aryl methyl sites for hydroxylation is 1. The Bertz CT molecular complexity index is 618. The Labute approximate surface area is 122 Å². The summed E-state index contributed by atoms with van der Waals surface area (Å²) in [4.78, 5) is 0. The van der Waals surface area contributed by atoms with Gasteiger partial charge in [0.2, 0.25) is 0 Å². The Morgan fingerprint density at radius 3 is 2.15 bits per heavy atom. The lowest BCUT2D eigenvalue weighted by molar-refractivity contribution is 0.441. The molecule has 0 aliphatic rings. The summed E-state index contributed by atoms with van der Waals surface area (Å²) in [6, 6.07) is 12.4. The number of phenols is 1. The van der Waals surface area contributed by atoms with Gasteiger partial charge in [-0.2, -0.15) is 0 Å². The van der Waals surface area contributed by atoms with Crippen LogP contribution in [0, 0.1) is 13.8 Å². The minimum absolute atomic E-state index is 0.0399. The van der Waals surface area contributed by atoms with Gasteiger partial charge in [-0.15, -0.1) is 0 Å². The lowest BCUT2D eigenvalue weighted by atomic mass is 9.84. The van der Waals surface area contributed by atoms with Crippen LogP contribution in [0.5, 0.6) is 5.75 Å². The van der Waals surface area contributed by atoms with Gasteiger partial charge in [-0.1, -0.05) is 57.2 Å². The number of hydrogen-bond acceptors (Lipinski definition) is 1. The second kappa shape index (κ2) is 5.32. The highest BCUT2D eigenvalue weighted by Crippen LogP contribution is 2.34. The first-order chi connectivity index (χ1) is 9.30. The third-order valence-corrected chi connectivity index (χ3v) is 4.03. The van der Waals surface area contributed by atoms with E-state index in [1.165, 1.54) is 16.7 Å². The number of aromatic hydroxyl groups is 1. The Morgan fingerprint density at radius 2 is 1.50 bits per heavy atom. The molecule has 0 atom stereocenters. The summed E-state index contributed by atoms with van der Waals surface area (Å²) in [6.45, 7) is 10.7. The van der Waals surface area contributed by atoms with Gasteiger partial charge in [0.15, 0.2) is 0 Å². The predicted molar refractivity (Wildman–Crippen MR) is 85.5 cm³/mol. The van der Waals surface area contributed by atoms with Crippen LogP contribution in [-0.2, 0) is 11.8 Å². The summed E-state index contributed by atoms with van der Waals surface area (Å²) in [5, 5.41) is 10.5. The van der Waals surface area contributed by atoms with Gasteiger partial charge in [-0.05, 0) is 47.1 Å². The smallest absolute Gasteiger partial charge is 0.122 e. The SMILES string of the molecule is Cc1cccc(Cc2cccc(C(C)(C)C)c2O)c1C. The van der Waals surface area contributed by atoms with Crippen molar-refractivity contribution in [2.75, 3.05) is 0 Å². The zero-order valence-corrected chi connectivity index (χ0v) is 13.1. The topological polar surface area (TPSA) is 20.2 Å². The van der Waals surface area contributed by atoms with Crippen LogP contribution in [0.4, 0.5) is 0 Å². The van der Waals surface area contributed by atoms with Crippen LogP contribution >= 0.6 is 0 Å². The molecule has 2 rings (SSSR count). The van der Waals surface area contributed by atoms with Gasteiger partial charge < -0.3 is 5.11 Å². The van der Waals surface area contributed by atoms with Crippen molar-refractivity contribution in [1.82, 2.24) is 0 Å². The van der Waals surface area contributed by atoms with Crippen molar-refractivity contribution >= 4 is 0 Å². The highest BCUT2D eigenvalue weighted by molar-refractivity contribution is 5.47. The van der Waals surface area contributed by atoms with E-state index in [2.05, 4.69) is 52.8 Å². The van der Waals surface area contributed by atoms with Gasteiger partial charge in [-0.25, -0.2) is 0 Å². The third kappa shape index (κ3) is 2.87. The van der Waals surface area contributed by atoms with Crippen LogP contribution in [0.25, 0.3) is 0 Å². The maximum absolute atomic E-state index is 10.5. The fourth-order valence-electron chi connectivity index (χ4n) is 2.55. The second-order valence-electron chi connectivity index (χ2n) is 6.60. The summed E-state index contributed by atoms with van der Waals surface area (Å²) >= 11 is 0. The largest absolute Gasteiger partial charge is 0.507 e. The molecular formula is C19H24O. The van der Waals surface area contributed by atoms with Crippen LogP contribution in [0.15, 0.2) is 36.4 Å². The molecule has 0 fully saturated rings. The van der Waals surface area contributed by atoms with Crippen LogP contribution in [0.1, 0.15) is 48.6 Å². The molecule has 0 aliphatic carbocycles. The summed E-state index contributed by atoms with van der Waals surface area (Å²) in [5.74, 6) is 0.445. The van der Waals surface area contributed by atoms with Crippen LogP contribution in [0.2, 0.25) is 0 Å². The average Bonchev–Trinajstić information content (AvgIpc) is 2.36. The molecule has 0 aliphatic heterocycles. The van der Waals surface area contributed by atoms with Crippen molar-refractivity contribution < 1.29 is 5.11 Å². The standard InChI is InChI=1S/C19H24O/c1-13-8-6-9-15(14(13)2)12-16-10-7-11-17(18(16)20)19(3,4)5/h6-11,20H,12H2,1-5H3. The van der Waals surface area contributed by atoms with Crippen LogP contribution < -0.4 is 0 Å². The molecule has 1 heteroatoms. The molecule has 2 aromatic rings. The monoisotopic (exact) mass is 268 g/mol. The van der Waals surface area contributed by atoms with Crippen LogP contribution in [-0.4, -0.2) is 5.11 Å². The third-order valence-electron chi connectivity index (χ3n) is 4.03. The molecule has 0 spiro atoms. The van der Waals surface area contributed by atoms with Crippen molar-refractivity contribution in [2.45, 2.75) is 46.5 Å². The molecule has 2 aromatic carbocycles. The molecular weight excluding hydrogens is 244 g/mol. The van der Waals surface area contributed by atoms with Crippen molar-refractivity contribution in [3.63, 3.8) is 0 Å². The van der Waals surface area contributed by atoms with E-state index in [-0.39, 0.29) is 5.41 Å². The van der Waals surface area contributed by atoms with E-state index in [0.717, 1.165) is 17.5 Å². The maximum atomic E-state index is 10.5. The molecule has 1 N–H and O–H groups in total. The summed E-state index contributed by atoms with van der Waals surface area (Å²) < 4.78 is 0. The van der Waals surface area contributed by atoms with E-state index in [4.69, 9.17) is 0 Å². The summed E-state index contributed by atoms with van der Waals surface area (Å²) in [6.07, 6.45) is 0.781. The molecule has 0 saturated carbocycles. The van der Waals surface area contributed by atoms with Gasteiger partial charge in [0.25, 0.3) is 0 Å². The Kier molecular flexibility index (Phi) is 3.89. The first-order valence-corrected chi connectivity index (χ1v) is 7.17. The van der Waals surface area contributed by atoms with Gasteiger partial charge >= 0.3 is 0 Å². The lowest BCUT2D eigenvalue weighted by Gasteiger charge is -2.22. The molecule has 0 radical (unpaired) electrons. The fraction of sp³-hybridized carbons (Fsp3) is 0.368. The molecule has 0 unspecified atom stereocenters. The normalized spacial score (nSPS) is 11.7. The zero-order chi connectivity index (χ0) is 14.9. The van der Waals surface area contributed by atoms with E-state index < -0.39 is 0 Å². The van der Waals surface area contributed by atoms with E-state index in [9.17, 15) is 5.11 Å². The van der Waals surface area contributed by atoms with Crippen LogP contribution in [0.3, 0.4) is 0 Å². The fourth-order valence-corrected chi connectivity index (χ4v) is 2.55. The number of para-hydroxylation sites is 1. The number of benzene rings is 2. The van der Waals surface area contributed by atoms with Crippen molar-refractivity contribution in [2.24, 2.45) is 0 Å². The minimum atomic E-state index is -0.0399. The van der Waals surface area contributed by atoms with Crippen molar-refractivity contribution in [1.29, 1.82) is 0 Å². The molecule has 1 nitrogen and oxygen atoms in total. The van der Waals surface area contributed by atoms with E-state index in [1.807, 2.05) is 18.2 Å². The lowest BCUT2D eigenvalue weighted by Crippen LogP contribution is -2.12. The minimum Gasteiger partial charge on any atom is -0.507 e. The van der Waals surface area contributed by atoms with Gasteiger partial charge in [0, 0.05) is 6.42 Å². The van der Waals surface area contributed by atoms with Gasteiger partial charge in [-0.3, -0.25) is 0 Å². The van der Waals surface area contributed by atoms with Gasteiger partial charge in [0.05, 0.1) is 0 Å². The quantitative estimate of drug-likeness (QED) is 0.821. The molecule has 0 aromatic heterocycles. The van der Waals surface area contributed by atoms with E-state index in [0.29, 0.717) is 5.75 Å². The molecule has 0 heterocycles. The Hall–Kier alpha value is -1.76. The average molecular weight is 268 g/mol. The number of rotatable bonds is 2. The van der Waals surface area contributed by atoms with Crippen molar-refractivity contribution in [3.8, 4) is 5.75 Å². The second-order valence-corrected chi connectivity index (χ2v) is 6.60.